The molecule has 0 aliphatic carbocycles. The molecular weight excluding hydrogens is 607 g/mol. The van der Waals surface area contributed by atoms with Gasteiger partial charge < -0.3 is 65.8 Å². The topological polar surface area (TPSA) is 308 Å². The Morgan fingerprint density at radius 3 is 0.300 bits per heavy atom. The molecule has 0 aliphatic rings. The summed E-state index contributed by atoms with van der Waals surface area (Å²) in [7, 11) is -11.7. The van der Waals surface area contributed by atoms with E-state index in [0.717, 1.165) is 0 Å². The second-order valence-corrected chi connectivity index (χ2v) is 1.15. The van der Waals surface area contributed by atoms with Gasteiger partial charge >= 0.3 is 71.7 Å². The molecule has 13 nitrogen and oxygen atoms in total. The van der Waals surface area contributed by atoms with Gasteiger partial charge in [0.25, 0.3) is 0 Å². The minimum Gasteiger partial charge on any atom is -0.907 e. The molecule has 0 spiro atoms. The molecule has 104 valence electrons. The van der Waals surface area contributed by atoms with Gasteiger partial charge in [0.1, 0.15) is 0 Å². The van der Waals surface area contributed by atoms with Crippen molar-refractivity contribution >= 4 is 101 Å². The van der Waals surface area contributed by atoms with E-state index < -0.39 is 29.3 Å². The van der Waals surface area contributed by atoms with E-state index in [4.69, 9.17) is 60.3 Å². The molecule has 0 aromatic rings. The molecule has 0 heterocycles. The van der Waals surface area contributed by atoms with Crippen LogP contribution in [0.25, 0.3) is 0 Å². The summed E-state index contributed by atoms with van der Waals surface area (Å²) in [5.74, 6) is 0. The van der Waals surface area contributed by atoms with Gasteiger partial charge in [-0.3, -0.25) is 29.3 Å². The normalized spacial score (nSPS) is 5.40. The van der Waals surface area contributed by atoms with E-state index in [1.165, 1.54) is 0 Å². The molecule has 0 aliphatic heterocycles. The van der Waals surface area contributed by atoms with Gasteiger partial charge in [0, 0.05) is 0 Å². The third-order valence-corrected chi connectivity index (χ3v) is 0. The molecule has 0 rings (SSSR count). The van der Waals surface area contributed by atoms with Crippen LogP contribution in [-0.4, -0.2) is 106 Å². The maximum absolute atomic E-state index is 8.42. The van der Waals surface area contributed by atoms with Crippen molar-refractivity contribution < 1.29 is 65.8 Å². The number of hydrogen-bond acceptors (Lipinski definition) is 12. The number of hydrogen-bond donors (Lipinski definition) is 0. The Balaban J connectivity index is -0.0000000150. The van der Waals surface area contributed by atoms with Crippen LogP contribution < -0.4 is 60.3 Å². The van der Waals surface area contributed by atoms with Crippen molar-refractivity contribution in [2.24, 2.45) is 0 Å². The van der Waals surface area contributed by atoms with Crippen molar-refractivity contribution in [1.29, 1.82) is 0 Å². The summed E-state index contributed by atoms with van der Waals surface area (Å²) in [6, 6.07) is 0. The smallest absolute Gasteiger partial charge is 0.907 e. The Bertz CT molecular complexity index is 68.6. The van der Waals surface area contributed by atoms with Crippen LogP contribution in [0.15, 0.2) is 0 Å². The largest absolute Gasteiger partial charge is 4.00 e. The van der Waals surface area contributed by atoms with Crippen LogP contribution in [0.3, 0.4) is 0 Å². The summed E-state index contributed by atoms with van der Waals surface area (Å²) in [6.07, 6.45) is 0. The first-order chi connectivity index (χ1) is 6.93. The zero-order valence-electron chi connectivity index (χ0n) is 9.21. The van der Waals surface area contributed by atoms with Crippen LogP contribution in [0.5, 0.6) is 0 Å². The van der Waals surface area contributed by atoms with Gasteiger partial charge in [-0.15, -0.1) is 0 Å². The summed E-state index contributed by atoms with van der Waals surface area (Å²) < 4.78 is 0. The fourth-order valence-electron chi connectivity index (χ4n) is 0. The zero-order chi connectivity index (χ0) is 14.3. The molecule has 0 saturated heterocycles. The maximum atomic E-state index is 8.42. The minimum absolute atomic E-state index is 0. The third-order valence-electron chi connectivity index (χ3n) is 0. The molecule has 0 unspecified atom stereocenters. The Morgan fingerprint density at radius 1 is 0.300 bits per heavy atom. The predicted molar refractivity (Wildman–Crippen MR) is 43.9 cm³/mol. The van der Waals surface area contributed by atoms with Gasteiger partial charge in [-0.25, -0.2) is 0 Å². The summed E-state index contributed by atoms with van der Waals surface area (Å²) in [4.78, 5) is 0. The standard InChI is InChI=1S/4BO3.H2O.3Sn/c4*2-1(3)4;;;;/h;;;;1H2;;;/q4*-3;;3*+4. The summed E-state index contributed by atoms with van der Waals surface area (Å²) in [6.45, 7) is 0. The SMILES string of the molecule is O.[O-]B([O-])[O-].[O-]B([O-])[O-].[O-]B([O-])[O-].[O-]B([O-])[O-].[Sn+4].[Sn+4].[Sn+4]. The van der Waals surface area contributed by atoms with Crippen LogP contribution in [0.2, 0.25) is 0 Å². The molecule has 0 fully saturated rings. The van der Waals surface area contributed by atoms with Crippen molar-refractivity contribution in [3.8, 4) is 0 Å². The molecule has 0 radical (unpaired) electrons. The number of rotatable bonds is 0. The van der Waals surface area contributed by atoms with Crippen LogP contribution in [0.1, 0.15) is 0 Å². The van der Waals surface area contributed by atoms with Crippen molar-refractivity contribution in [3.63, 3.8) is 0 Å². The van der Waals surface area contributed by atoms with Gasteiger partial charge in [-0.05, 0) is 0 Å². The first kappa shape index (κ1) is 49.5. The van der Waals surface area contributed by atoms with Gasteiger partial charge in [-0.2, -0.15) is 0 Å². The zero-order valence-corrected chi connectivity index (χ0v) is 17.8. The van der Waals surface area contributed by atoms with E-state index in [9.17, 15) is 0 Å². The third kappa shape index (κ3) is 1620. The van der Waals surface area contributed by atoms with Gasteiger partial charge in [0.15, 0.2) is 0 Å². The molecule has 0 aromatic carbocycles. The average Bonchev–Trinajstić information content (AvgIpc) is 1.76. The van der Waals surface area contributed by atoms with Crippen LogP contribution in [-0.2, 0) is 0 Å². The molecule has 20 heavy (non-hydrogen) atoms. The molecule has 2 N–H and O–H groups in total. The van der Waals surface area contributed by atoms with E-state index in [1.54, 1.807) is 0 Å². The second kappa shape index (κ2) is 42.9. The van der Waals surface area contributed by atoms with Gasteiger partial charge in [-0.1, -0.05) is 0 Å². The second-order valence-electron chi connectivity index (χ2n) is 1.15. The predicted octanol–water partition coefficient (Wildman–Crippen LogP) is -17.8. The Kier molecular flexibility index (Phi) is 106. The Hall–Kier alpha value is 2.14. The fourth-order valence-corrected chi connectivity index (χ4v) is 0. The first-order valence-electron chi connectivity index (χ1n) is 2.83. The van der Waals surface area contributed by atoms with Crippen molar-refractivity contribution in [2.75, 3.05) is 0 Å². The molecule has 0 bridgehead atoms. The van der Waals surface area contributed by atoms with Crippen LogP contribution in [0.4, 0.5) is 0 Å². The molecule has 20 heteroatoms. The average molecular weight is 609 g/mol. The summed E-state index contributed by atoms with van der Waals surface area (Å²) >= 11 is 0. The van der Waals surface area contributed by atoms with Gasteiger partial charge in [0.05, 0.1) is 0 Å². The van der Waals surface area contributed by atoms with E-state index >= 15 is 0 Å². The van der Waals surface area contributed by atoms with Crippen molar-refractivity contribution in [1.82, 2.24) is 0 Å². The van der Waals surface area contributed by atoms with E-state index in [-0.39, 0.29) is 77.2 Å². The summed E-state index contributed by atoms with van der Waals surface area (Å²) in [5, 5.41) is 101. The molecule has 0 atom stereocenters. The molecule has 0 saturated carbocycles. The van der Waals surface area contributed by atoms with Gasteiger partial charge in [0.2, 0.25) is 0 Å². The van der Waals surface area contributed by atoms with E-state index in [0.29, 0.717) is 0 Å². The fraction of sp³-hybridized carbons (Fsp3) is 0. The monoisotopic (exact) mass is 614 g/mol. The maximum Gasteiger partial charge on any atom is 4.00 e. The molecule has 0 aromatic heterocycles. The minimum atomic E-state index is -2.92. The van der Waals surface area contributed by atoms with E-state index in [1.807, 2.05) is 0 Å². The van der Waals surface area contributed by atoms with Crippen LogP contribution in [0, 0.1) is 0 Å². The summed E-state index contributed by atoms with van der Waals surface area (Å²) in [5.41, 5.74) is 0. The first-order valence-corrected chi connectivity index (χ1v) is 2.83. The molecule has 0 amide bonds. The van der Waals surface area contributed by atoms with Crippen molar-refractivity contribution in [3.05, 3.63) is 0 Å². The Morgan fingerprint density at radius 2 is 0.300 bits per heavy atom. The Labute approximate surface area is 165 Å². The van der Waals surface area contributed by atoms with Crippen LogP contribution >= 0.6 is 0 Å². The molecular formula is H2B4O13Sn3. The van der Waals surface area contributed by atoms with E-state index in [2.05, 4.69) is 0 Å². The quantitative estimate of drug-likeness (QED) is 0.231. The van der Waals surface area contributed by atoms with Crippen molar-refractivity contribution in [2.45, 2.75) is 0 Å².